The first-order valence-corrected chi connectivity index (χ1v) is 8.51. The lowest BCUT2D eigenvalue weighted by Gasteiger charge is -2.19. The Hall–Kier alpha value is -1.17. The van der Waals surface area contributed by atoms with Crippen LogP contribution in [-0.4, -0.2) is 62.2 Å². The van der Waals surface area contributed by atoms with Crippen LogP contribution in [0.4, 0.5) is 4.79 Å². The highest BCUT2D eigenvalue weighted by molar-refractivity contribution is 6.37. The van der Waals surface area contributed by atoms with Crippen LogP contribution in [0.1, 0.15) is 12.8 Å². The highest BCUT2D eigenvalue weighted by atomic mass is 35.5. The summed E-state index contributed by atoms with van der Waals surface area (Å²) >= 11 is 12.2. The minimum absolute atomic E-state index is 0.0416. The van der Waals surface area contributed by atoms with E-state index < -0.39 is 0 Å². The van der Waals surface area contributed by atoms with Crippen molar-refractivity contribution in [2.75, 3.05) is 40.3 Å². The van der Waals surface area contributed by atoms with Gasteiger partial charge in [0.2, 0.25) is 0 Å². The normalized spacial score (nSPS) is 17.6. The maximum absolute atomic E-state index is 12.1. The highest BCUT2D eigenvalue weighted by Gasteiger charge is 2.28. The Bertz CT molecular complexity index is 520. The molecule has 0 radical (unpaired) electrons. The van der Waals surface area contributed by atoms with E-state index in [-0.39, 0.29) is 12.1 Å². The third-order valence-corrected chi connectivity index (χ3v) is 4.29. The zero-order valence-corrected chi connectivity index (χ0v) is 15.0. The fourth-order valence-corrected chi connectivity index (χ4v) is 2.96. The van der Waals surface area contributed by atoms with E-state index in [1.807, 2.05) is 14.1 Å². The summed E-state index contributed by atoms with van der Waals surface area (Å²) in [5, 5.41) is 3.92. The molecule has 0 bridgehead atoms. The number of ether oxygens (including phenoxy) is 1. The van der Waals surface area contributed by atoms with E-state index in [1.54, 1.807) is 23.1 Å². The van der Waals surface area contributed by atoms with Gasteiger partial charge in [0.05, 0.1) is 16.6 Å². The van der Waals surface area contributed by atoms with Gasteiger partial charge < -0.3 is 19.9 Å². The van der Waals surface area contributed by atoms with Gasteiger partial charge in [-0.3, -0.25) is 0 Å². The van der Waals surface area contributed by atoms with Gasteiger partial charge in [-0.2, -0.15) is 0 Å². The standard InChI is InChI=1S/C16H23Cl2N3O2/c1-20(2)9-4-8-19-16(22)21-10-7-12(11-21)23-15-13(17)5-3-6-14(15)18/h3,5-6,12H,4,7-11H2,1-2H3,(H,19,22). The third kappa shape index (κ3) is 5.44. The molecule has 0 aliphatic carbocycles. The Balaban J connectivity index is 1.78. The fraction of sp³-hybridized carbons (Fsp3) is 0.562. The number of amides is 2. The number of urea groups is 1. The summed E-state index contributed by atoms with van der Waals surface area (Å²) in [4.78, 5) is 16.0. The molecule has 1 unspecified atom stereocenters. The number of carbonyl (C=O) groups excluding carboxylic acids is 1. The summed E-state index contributed by atoms with van der Waals surface area (Å²) < 4.78 is 5.88. The lowest BCUT2D eigenvalue weighted by Crippen LogP contribution is -2.40. The number of nitrogens with zero attached hydrogens (tertiary/aromatic N) is 2. The molecule has 2 rings (SSSR count). The molecule has 7 heteroatoms. The highest BCUT2D eigenvalue weighted by Crippen LogP contribution is 2.34. The van der Waals surface area contributed by atoms with E-state index in [2.05, 4.69) is 10.2 Å². The third-order valence-electron chi connectivity index (χ3n) is 3.69. The van der Waals surface area contributed by atoms with Crippen LogP contribution in [0.5, 0.6) is 5.75 Å². The van der Waals surface area contributed by atoms with Crippen LogP contribution >= 0.6 is 23.2 Å². The van der Waals surface area contributed by atoms with Crippen LogP contribution in [0.2, 0.25) is 10.0 Å². The van der Waals surface area contributed by atoms with E-state index in [4.69, 9.17) is 27.9 Å². The largest absolute Gasteiger partial charge is 0.485 e. The predicted molar refractivity (Wildman–Crippen MR) is 93.6 cm³/mol. The summed E-state index contributed by atoms with van der Waals surface area (Å²) in [6, 6.07) is 5.22. The zero-order valence-electron chi connectivity index (χ0n) is 13.5. The van der Waals surface area contributed by atoms with Gasteiger partial charge in [-0.15, -0.1) is 0 Å². The number of likely N-dealkylation sites (tertiary alicyclic amines) is 1. The molecule has 5 nitrogen and oxygen atoms in total. The van der Waals surface area contributed by atoms with Gasteiger partial charge in [-0.1, -0.05) is 29.3 Å². The average molecular weight is 360 g/mol. The Morgan fingerprint density at radius 2 is 2.09 bits per heavy atom. The molecule has 128 valence electrons. The second kappa shape index (κ2) is 8.62. The van der Waals surface area contributed by atoms with E-state index >= 15 is 0 Å². The molecule has 1 aromatic rings. The van der Waals surface area contributed by atoms with Gasteiger partial charge in [-0.05, 0) is 39.2 Å². The molecule has 1 atom stereocenters. The predicted octanol–water partition coefficient (Wildman–Crippen LogP) is 3.11. The van der Waals surface area contributed by atoms with Crippen molar-refractivity contribution in [3.8, 4) is 5.75 Å². The number of carbonyl (C=O) groups is 1. The maximum Gasteiger partial charge on any atom is 0.317 e. The van der Waals surface area contributed by atoms with Crippen molar-refractivity contribution < 1.29 is 9.53 Å². The summed E-state index contributed by atoms with van der Waals surface area (Å²) in [5.41, 5.74) is 0. The number of nitrogens with one attached hydrogen (secondary N) is 1. The Labute approximate surface area is 147 Å². The van der Waals surface area contributed by atoms with Crippen LogP contribution in [0.15, 0.2) is 18.2 Å². The Morgan fingerprint density at radius 3 is 2.74 bits per heavy atom. The van der Waals surface area contributed by atoms with Crippen molar-refractivity contribution in [1.82, 2.24) is 15.1 Å². The van der Waals surface area contributed by atoms with E-state index in [0.717, 1.165) is 19.4 Å². The maximum atomic E-state index is 12.1. The molecule has 2 amide bonds. The van der Waals surface area contributed by atoms with Crippen LogP contribution in [0.3, 0.4) is 0 Å². The Kier molecular flexibility index (Phi) is 6.81. The summed E-state index contributed by atoms with van der Waals surface area (Å²) in [6.45, 7) is 2.85. The first-order valence-electron chi connectivity index (χ1n) is 7.75. The lowest BCUT2D eigenvalue weighted by molar-refractivity contribution is 0.187. The second-order valence-corrected chi connectivity index (χ2v) is 6.73. The van der Waals surface area contributed by atoms with Gasteiger partial charge in [0.15, 0.2) is 5.75 Å². The molecule has 1 aliphatic heterocycles. The molecule has 0 spiro atoms. The van der Waals surface area contributed by atoms with Gasteiger partial charge in [0, 0.05) is 19.5 Å². The molecule has 1 aromatic carbocycles. The fourth-order valence-electron chi connectivity index (χ4n) is 2.47. The number of hydrogen-bond acceptors (Lipinski definition) is 3. The molecular formula is C16H23Cl2N3O2. The molecule has 23 heavy (non-hydrogen) atoms. The zero-order chi connectivity index (χ0) is 16.8. The summed E-state index contributed by atoms with van der Waals surface area (Å²) in [5.74, 6) is 0.495. The van der Waals surface area contributed by atoms with E-state index in [9.17, 15) is 4.79 Å². The van der Waals surface area contributed by atoms with Crippen molar-refractivity contribution in [3.05, 3.63) is 28.2 Å². The summed E-state index contributed by atoms with van der Waals surface area (Å²) in [6.07, 6.45) is 1.62. The second-order valence-electron chi connectivity index (χ2n) is 5.91. The lowest BCUT2D eigenvalue weighted by atomic mass is 10.3. The van der Waals surface area contributed by atoms with E-state index in [1.165, 1.54) is 0 Å². The van der Waals surface area contributed by atoms with Crippen LogP contribution in [-0.2, 0) is 0 Å². The minimum atomic E-state index is -0.0834. The van der Waals surface area contributed by atoms with Crippen molar-refractivity contribution in [1.29, 1.82) is 0 Å². The molecule has 1 N–H and O–H groups in total. The molecule has 1 heterocycles. The van der Waals surface area contributed by atoms with Gasteiger partial charge in [-0.25, -0.2) is 4.79 Å². The number of halogens is 2. The summed E-state index contributed by atoms with van der Waals surface area (Å²) in [7, 11) is 4.04. The first-order chi connectivity index (χ1) is 11.0. The topological polar surface area (TPSA) is 44.8 Å². The quantitative estimate of drug-likeness (QED) is 0.793. The van der Waals surface area contributed by atoms with Crippen molar-refractivity contribution in [2.24, 2.45) is 0 Å². The van der Waals surface area contributed by atoms with Crippen LogP contribution in [0, 0.1) is 0 Å². The number of hydrogen-bond donors (Lipinski definition) is 1. The minimum Gasteiger partial charge on any atom is -0.485 e. The van der Waals surface area contributed by atoms with Gasteiger partial charge in [0.25, 0.3) is 0 Å². The molecule has 0 saturated carbocycles. The molecule has 1 aliphatic rings. The van der Waals surface area contributed by atoms with Crippen LogP contribution in [0.25, 0.3) is 0 Å². The number of benzene rings is 1. The number of para-hydroxylation sites is 1. The molecule has 1 fully saturated rings. The molecular weight excluding hydrogens is 337 g/mol. The number of rotatable bonds is 6. The monoisotopic (exact) mass is 359 g/mol. The van der Waals surface area contributed by atoms with Gasteiger partial charge in [0.1, 0.15) is 6.10 Å². The van der Waals surface area contributed by atoms with Crippen LogP contribution < -0.4 is 10.1 Å². The Morgan fingerprint density at radius 1 is 1.39 bits per heavy atom. The average Bonchev–Trinajstić information content (AvgIpc) is 2.96. The van der Waals surface area contributed by atoms with Crippen molar-refractivity contribution in [3.63, 3.8) is 0 Å². The van der Waals surface area contributed by atoms with Crippen molar-refractivity contribution in [2.45, 2.75) is 18.9 Å². The van der Waals surface area contributed by atoms with Crippen molar-refractivity contribution >= 4 is 29.2 Å². The molecule has 0 aromatic heterocycles. The smallest absolute Gasteiger partial charge is 0.317 e. The van der Waals surface area contributed by atoms with E-state index in [0.29, 0.717) is 35.4 Å². The first kappa shape index (κ1) is 18.2. The molecule has 1 saturated heterocycles. The SMILES string of the molecule is CN(C)CCCNC(=O)N1CCC(Oc2c(Cl)cccc2Cl)C1. The van der Waals surface area contributed by atoms with Gasteiger partial charge >= 0.3 is 6.03 Å².